The van der Waals surface area contributed by atoms with Crippen LogP contribution in [0.1, 0.15) is 25.7 Å². The van der Waals surface area contributed by atoms with E-state index in [9.17, 15) is 9.18 Å². The summed E-state index contributed by atoms with van der Waals surface area (Å²) < 4.78 is 13.0. The number of nitrogens with one attached hydrogen (secondary N) is 1. The third kappa shape index (κ3) is 3.12. The maximum Gasteiger partial charge on any atom is 0.337 e. The van der Waals surface area contributed by atoms with E-state index in [1.807, 2.05) is 13.8 Å². The van der Waals surface area contributed by atoms with E-state index in [1.165, 1.54) is 22.6 Å². The first-order valence-electron chi connectivity index (χ1n) is 5.80. The van der Waals surface area contributed by atoms with Crippen LogP contribution in [0.5, 0.6) is 0 Å². The normalized spacial score (nSPS) is 10.5. The molecule has 19 heavy (non-hydrogen) atoms. The van der Waals surface area contributed by atoms with E-state index in [-0.39, 0.29) is 5.56 Å². The number of halogens is 1. The molecular formula is C14H14FNO2S. The van der Waals surface area contributed by atoms with Gasteiger partial charge in [0.05, 0.1) is 5.56 Å². The number of aromatic carboxylic acids is 1. The molecule has 0 bridgehead atoms. The molecule has 1 aromatic carbocycles. The molecule has 0 spiro atoms. The average molecular weight is 279 g/mol. The van der Waals surface area contributed by atoms with Gasteiger partial charge in [-0.3, -0.25) is 0 Å². The largest absolute Gasteiger partial charge is 0.478 e. The van der Waals surface area contributed by atoms with Crippen LogP contribution in [0.4, 0.5) is 10.1 Å². The minimum atomic E-state index is -1.14. The van der Waals surface area contributed by atoms with E-state index in [2.05, 4.69) is 11.4 Å². The van der Waals surface area contributed by atoms with Gasteiger partial charge in [0.1, 0.15) is 5.82 Å². The maximum atomic E-state index is 13.0. The molecule has 0 amide bonds. The summed E-state index contributed by atoms with van der Waals surface area (Å²) in [5.74, 6) is -1.69. The number of carboxylic acid groups (broad SMARTS) is 1. The fraction of sp³-hybridized carbons (Fsp3) is 0.214. The van der Waals surface area contributed by atoms with Gasteiger partial charge in [-0.25, -0.2) is 9.18 Å². The standard InChI is InChI=1S/C14H14FNO2S/c1-8-5-11(19-9(8)2)7-16-13-4-3-10(15)6-12(13)14(17)18/h3-6,16H,7H2,1-2H3,(H,17,18). The molecule has 3 nitrogen and oxygen atoms in total. The SMILES string of the molecule is Cc1cc(CNc2ccc(F)cc2C(=O)O)sc1C. The second-order valence-corrected chi connectivity index (χ2v) is 5.64. The lowest BCUT2D eigenvalue weighted by molar-refractivity contribution is 0.0697. The van der Waals surface area contributed by atoms with Crippen LogP contribution in [-0.2, 0) is 6.54 Å². The molecular weight excluding hydrogens is 265 g/mol. The van der Waals surface area contributed by atoms with Gasteiger partial charge >= 0.3 is 5.97 Å². The van der Waals surface area contributed by atoms with Crippen LogP contribution in [0.15, 0.2) is 24.3 Å². The van der Waals surface area contributed by atoms with Crippen LogP contribution in [0.2, 0.25) is 0 Å². The first kappa shape index (κ1) is 13.5. The summed E-state index contributed by atoms with van der Waals surface area (Å²) in [5.41, 5.74) is 1.60. The molecule has 100 valence electrons. The Balaban J connectivity index is 2.17. The van der Waals surface area contributed by atoms with Gasteiger partial charge in [-0.1, -0.05) is 0 Å². The Morgan fingerprint density at radius 2 is 2.11 bits per heavy atom. The Kier molecular flexibility index (Phi) is 3.85. The van der Waals surface area contributed by atoms with Crippen molar-refractivity contribution in [2.24, 2.45) is 0 Å². The summed E-state index contributed by atoms with van der Waals surface area (Å²) in [6, 6.07) is 5.79. The zero-order valence-corrected chi connectivity index (χ0v) is 11.5. The Labute approximate surface area is 114 Å². The first-order valence-corrected chi connectivity index (χ1v) is 6.61. The number of thiophene rings is 1. The second kappa shape index (κ2) is 5.40. The molecule has 5 heteroatoms. The molecule has 0 fully saturated rings. The molecule has 0 aliphatic heterocycles. The summed E-state index contributed by atoms with van der Waals surface area (Å²) in [4.78, 5) is 13.4. The molecule has 0 unspecified atom stereocenters. The number of carboxylic acids is 1. The third-order valence-electron chi connectivity index (χ3n) is 2.88. The molecule has 1 heterocycles. The van der Waals surface area contributed by atoms with Crippen molar-refractivity contribution in [3.8, 4) is 0 Å². The van der Waals surface area contributed by atoms with Gasteiger partial charge in [-0.2, -0.15) is 0 Å². The molecule has 0 aliphatic carbocycles. The van der Waals surface area contributed by atoms with Gasteiger partial charge < -0.3 is 10.4 Å². The van der Waals surface area contributed by atoms with Crippen LogP contribution >= 0.6 is 11.3 Å². The number of rotatable bonds is 4. The highest BCUT2D eigenvalue weighted by Crippen LogP contribution is 2.23. The fourth-order valence-corrected chi connectivity index (χ4v) is 2.76. The topological polar surface area (TPSA) is 49.3 Å². The zero-order chi connectivity index (χ0) is 14.0. The Bertz CT molecular complexity index is 602. The highest BCUT2D eigenvalue weighted by atomic mass is 32.1. The fourth-order valence-electron chi connectivity index (χ4n) is 1.77. The van der Waals surface area contributed by atoms with Crippen molar-refractivity contribution in [3.05, 3.63) is 51.0 Å². The number of carbonyl (C=O) groups is 1. The van der Waals surface area contributed by atoms with E-state index in [0.717, 1.165) is 10.9 Å². The highest BCUT2D eigenvalue weighted by Gasteiger charge is 2.11. The van der Waals surface area contributed by atoms with Crippen LogP contribution in [0, 0.1) is 19.7 Å². The van der Waals surface area contributed by atoms with Crippen molar-refractivity contribution in [1.82, 2.24) is 0 Å². The lowest BCUT2D eigenvalue weighted by atomic mass is 10.1. The molecule has 2 aromatic rings. The lowest BCUT2D eigenvalue weighted by Gasteiger charge is -2.08. The minimum Gasteiger partial charge on any atom is -0.478 e. The van der Waals surface area contributed by atoms with Crippen molar-refractivity contribution >= 4 is 23.0 Å². The summed E-state index contributed by atoms with van der Waals surface area (Å²) in [7, 11) is 0. The van der Waals surface area contributed by atoms with Crippen molar-refractivity contribution < 1.29 is 14.3 Å². The molecule has 0 aliphatic rings. The maximum absolute atomic E-state index is 13.0. The number of hydrogen-bond acceptors (Lipinski definition) is 3. The molecule has 0 atom stereocenters. The Morgan fingerprint density at radius 1 is 1.37 bits per heavy atom. The quantitative estimate of drug-likeness (QED) is 0.894. The molecule has 0 saturated carbocycles. The van der Waals surface area contributed by atoms with Gasteiger partial charge in [0.15, 0.2) is 0 Å². The van der Waals surface area contributed by atoms with Crippen LogP contribution < -0.4 is 5.32 Å². The van der Waals surface area contributed by atoms with Gasteiger partial charge in [0.2, 0.25) is 0 Å². The van der Waals surface area contributed by atoms with E-state index < -0.39 is 11.8 Å². The van der Waals surface area contributed by atoms with Gasteiger partial charge in [0.25, 0.3) is 0 Å². The monoisotopic (exact) mass is 279 g/mol. The van der Waals surface area contributed by atoms with Crippen molar-refractivity contribution in [1.29, 1.82) is 0 Å². The van der Waals surface area contributed by atoms with Crippen molar-refractivity contribution in [2.75, 3.05) is 5.32 Å². The smallest absolute Gasteiger partial charge is 0.337 e. The molecule has 2 rings (SSSR count). The Morgan fingerprint density at radius 3 is 2.68 bits per heavy atom. The number of anilines is 1. The summed E-state index contributed by atoms with van der Waals surface area (Å²) in [6.45, 7) is 4.62. The predicted molar refractivity (Wildman–Crippen MR) is 74.5 cm³/mol. The predicted octanol–water partition coefficient (Wildman–Crippen LogP) is 3.81. The van der Waals surface area contributed by atoms with Gasteiger partial charge in [-0.15, -0.1) is 11.3 Å². The molecule has 1 aromatic heterocycles. The van der Waals surface area contributed by atoms with Gasteiger partial charge in [-0.05, 0) is 43.7 Å². The lowest BCUT2D eigenvalue weighted by Crippen LogP contribution is -2.06. The second-order valence-electron chi connectivity index (χ2n) is 4.30. The minimum absolute atomic E-state index is 0.0509. The zero-order valence-electron chi connectivity index (χ0n) is 10.7. The molecule has 0 saturated heterocycles. The summed E-state index contributed by atoms with van der Waals surface area (Å²) >= 11 is 1.67. The van der Waals surface area contributed by atoms with Crippen LogP contribution in [0.25, 0.3) is 0 Å². The molecule has 0 radical (unpaired) electrons. The van der Waals surface area contributed by atoms with Crippen molar-refractivity contribution in [2.45, 2.75) is 20.4 Å². The number of benzene rings is 1. The molecule has 2 N–H and O–H groups in total. The average Bonchev–Trinajstić information content (AvgIpc) is 2.67. The van der Waals surface area contributed by atoms with Crippen LogP contribution in [0.3, 0.4) is 0 Å². The summed E-state index contributed by atoms with van der Waals surface area (Å²) in [6.07, 6.45) is 0. The first-order chi connectivity index (χ1) is 8.97. The number of aryl methyl sites for hydroxylation is 2. The van der Waals surface area contributed by atoms with E-state index in [4.69, 9.17) is 5.11 Å². The van der Waals surface area contributed by atoms with Crippen molar-refractivity contribution in [3.63, 3.8) is 0 Å². The Hall–Kier alpha value is -1.88. The third-order valence-corrected chi connectivity index (χ3v) is 4.03. The van der Waals surface area contributed by atoms with Gasteiger partial charge in [0, 0.05) is 22.0 Å². The summed E-state index contributed by atoms with van der Waals surface area (Å²) in [5, 5.41) is 12.1. The highest BCUT2D eigenvalue weighted by molar-refractivity contribution is 7.12. The van der Waals surface area contributed by atoms with E-state index in [1.54, 1.807) is 11.3 Å². The van der Waals surface area contributed by atoms with E-state index in [0.29, 0.717) is 12.2 Å². The van der Waals surface area contributed by atoms with Crippen LogP contribution in [-0.4, -0.2) is 11.1 Å². The number of hydrogen-bond donors (Lipinski definition) is 2. The van der Waals surface area contributed by atoms with E-state index >= 15 is 0 Å².